The first-order valence-corrected chi connectivity index (χ1v) is 6.63. The maximum Gasteiger partial charge on any atom is 0.407 e. The number of aliphatic hydroxyl groups is 1. The molecule has 0 saturated heterocycles. The minimum absolute atomic E-state index is 0.188. The van der Waals surface area contributed by atoms with E-state index < -0.39 is 29.8 Å². The molecule has 0 aromatic heterocycles. The Labute approximate surface area is 123 Å². The number of aliphatic hydroxyl groups excluding tert-OH is 1. The number of carbonyl (C=O) groups excluding carboxylic acids is 1. The van der Waals surface area contributed by atoms with Crippen LogP contribution in [0.3, 0.4) is 0 Å². The Morgan fingerprint density at radius 2 is 1.81 bits per heavy atom. The molecule has 21 heavy (non-hydrogen) atoms. The molecule has 116 valence electrons. The molecule has 0 saturated carbocycles. The summed E-state index contributed by atoms with van der Waals surface area (Å²) in [7, 11) is 0. The zero-order valence-electron chi connectivity index (χ0n) is 12.4. The average Bonchev–Trinajstić information content (AvgIpc) is 2.36. The molecule has 0 bridgehead atoms. The van der Waals surface area contributed by atoms with Gasteiger partial charge in [-0.05, 0) is 32.8 Å². The molecule has 1 amide bonds. The molecular formula is C15H21NO5. The van der Waals surface area contributed by atoms with Crippen molar-refractivity contribution in [2.24, 2.45) is 0 Å². The first-order chi connectivity index (χ1) is 9.69. The molecule has 3 N–H and O–H groups in total. The van der Waals surface area contributed by atoms with Crippen LogP contribution in [0.25, 0.3) is 0 Å². The summed E-state index contributed by atoms with van der Waals surface area (Å²) in [6.45, 7) is 5.10. The SMILES string of the molecule is CC(C)(C)OC(=O)N[C@H](Cc1ccccc1)[C@H](O)C(=O)O. The van der Waals surface area contributed by atoms with Crippen LogP contribution in [0.2, 0.25) is 0 Å². The van der Waals surface area contributed by atoms with Crippen molar-refractivity contribution >= 4 is 12.1 Å². The highest BCUT2D eigenvalue weighted by Crippen LogP contribution is 2.10. The molecule has 0 aliphatic rings. The Kier molecular flexibility index (Phi) is 5.72. The smallest absolute Gasteiger partial charge is 0.407 e. The lowest BCUT2D eigenvalue weighted by Gasteiger charge is -2.25. The van der Waals surface area contributed by atoms with Crippen LogP contribution in [0.4, 0.5) is 4.79 Å². The normalized spacial score (nSPS) is 14.1. The van der Waals surface area contributed by atoms with Crippen molar-refractivity contribution in [3.8, 4) is 0 Å². The fourth-order valence-electron chi connectivity index (χ4n) is 1.74. The van der Waals surface area contributed by atoms with Gasteiger partial charge in [-0.15, -0.1) is 0 Å². The lowest BCUT2D eigenvalue weighted by atomic mass is 10.0. The maximum atomic E-state index is 11.7. The number of hydrogen-bond acceptors (Lipinski definition) is 4. The number of benzene rings is 1. The quantitative estimate of drug-likeness (QED) is 0.766. The minimum Gasteiger partial charge on any atom is -0.479 e. The van der Waals surface area contributed by atoms with Gasteiger partial charge >= 0.3 is 12.1 Å². The van der Waals surface area contributed by atoms with E-state index in [4.69, 9.17) is 9.84 Å². The number of ether oxygens (including phenoxy) is 1. The van der Waals surface area contributed by atoms with Crippen molar-refractivity contribution in [2.75, 3.05) is 0 Å². The molecule has 0 aliphatic carbocycles. The first kappa shape index (κ1) is 17.0. The number of carbonyl (C=O) groups is 2. The van der Waals surface area contributed by atoms with Crippen LogP contribution in [-0.4, -0.2) is 40.0 Å². The summed E-state index contributed by atoms with van der Waals surface area (Å²) in [6.07, 6.45) is -2.28. The van der Waals surface area contributed by atoms with Crippen LogP contribution >= 0.6 is 0 Å². The maximum absolute atomic E-state index is 11.7. The summed E-state index contributed by atoms with van der Waals surface area (Å²) in [4.78, 5) is 22.7. The van der Waals surface area contributed by atoms with E-state index >= 15 is 0 Å². The van der Waals surface area contributed by atoms with Gasteiger partial charge in [-0.3, -0.25) is 0 Å². The molecule has 1 aromatic rings. The summed E-state index contributed by atoms with van der Waals surface area (Å²) in [5.41, 5.74) is 0.106. The van der Waals surface area contributed by atoms with E-state index in [1.807, 2.05) is 6.07 Å². The molecule has 1 aromatic carbocycles. The number of hydrogen-bond donors (Lipinski definition) is 3. The third kappa shape index (κ3) is 6.27. The van der Waals surface area contributed by atoms with Gasteiger partial charge in [0.1, 0.15) is 5.60 Å². The Hall–Kier alpha value is -2.08. The second-order valence-electron chi connectivity index (χ2n) is 5.73. The van der Waals surface area contributed by atoms with Crippen LogP contribution in [0.5, 0.6) is 0 Å². The highest BCUT2D eigenvalue weighted by molar-refractivity contribution is 5.75. The van der Waals surface area contributed by atoms with Crippen LogP contribution in [0.1, 0.15) is 26.3 Å². The molecule has 0 radical (unpaired) electrons. The fraction of sp³-hybridized carbons (Fsp3) is 0.467. The summed E-state index contributed by atoms with van der Waals surface area (Å²) in [5.74, 6) is -1.40. The van der Waals surface area contributed by atoms with Gasteiger partial charge in [0.05, 0.1) is 6.04 Å². The van der Waals surface area contributed by atoms with Crippen LogP contribution < -0.4 is 5.32 Å². The molecule has 0 aliphatic heterocycles. The van der Waals surface area contributed by atoms with E-state index in [2.05, 4.69) is 5.32 Å². The van der Waals surface area contributed by atoms with Crippen molar-refractivity contribution in [1.29, 1.82) is 0 Å². The topological polar surface area (TPSA) is 95.9 Å². The second kappa shape index (κ2) is 7.08. The molecule has 0 unspecified atom stereocenters. The van der Waals surface area contributed by atoms with Crippen molar-refractivity contribution in [2.45, 2.75) is 44.9 Å². The first-order valence-electron chi connectivity index (χ1n) is 6.63. The van der Waals surface area contributed by atoms with Crippen molar-refractivity contribution in [3.63, 3.8) is 0 Å². The van der Waals surface area contributed by atoms with Gasteiger partial charge in [0, 0.05) is 0 Å². The van der Waals surface area contributed by atoms with Gasteiger partial charge in [0.2, 0.25) is 0 Å². The summed E-state index contributed by atoms with van der Waals surface area (Å²) < 4.78 is 5.08. The molecular weight excluding hydrogens is 274 g/mol. The van der Waals surface area contributed by atoms with E-state index in [0.29, 0.717) is 0 Å². The molecule has 0 heterocycles. The molecule has 6 nitrogen and oxygen atoms in total. The summed E-state index contributed by atoms with van der Waals surface area (Å²) in [6, 6.07) is 8.03. The van der Waals surface area contributed by atoms with E-state index in [-0.39, 0.29) is 6.42 Å². The van der Waals surface area contributed by atoms with Gasteiger partial charge in [-0.1, -0.05) is 30.3 Å². The van der Waals surface area contributed by atoms with Crippen molar-refractivity contribution in [3.05, 3.63) is 35.9 Å². The fourth-order valence-corrected chi connectivity index (χ4v) is 1.74. The standard InChI is InChI=1S/C15H21NO5/c1-15(2,3)21-14(20)16-11(12(17)13(18)19)9-10-7-5-4-6-8-10/h4-8,11-12,17H,9H2,1-3H3,(H,16,20)(H,18,19)/t11-,12+/m1/s1. The Morgan fingerprint density at radius 1 is 1.24 bits per heavy atom. The largest absolute Gasteiger partial charge is 0.479 e. The van der Waals surface area contributed by atoms with Crippen molar-refractivity contribution in [1.82, 2.24) is 5.32 Å². The monoisotopic (exact) mass is 295 g/mol. The van der Waals surface area contributed by atoms with Crippen LogP contribution in [0, 0.1) is 0 Å². The molecule has 6 heteroatoms. The highest BCUT2D eigenvalue weighted by Gasteiger charge is 2.29. The minimum atomic E-state index is -1.71. The van der Waals surface area contributed by atoms with E-state index in [9.17, 15) is 14.7 Å². The van der Waals surface area contributed by atoms with Crippen LogP contribution in [-0.2, 0) is 16.0 Å². The number of aliphatic carboxylic acids is 1. The number of alkyl carbamates (subject to hydrolysis) is 1. The van der Waals surface area contributed by atoms with E-state index in [0.717, 1.165) is 5.56 Å². The number of amides is 1. The lowest BCUT2D eigenvalue weighted by molar-refractivity contribution is -0.148. The Bertz CT molecular complexity index is 481. The van der Waals surface area contributed by atoms with Gasteiger partial charge < -0.3 is 20.3 Å². The van der Waals surface area contributed by atoms with E-state index in [1.54, 1.807) is 45.0 Å². The van der Waals surface area contributed by atoms with Gasteiger partial charge in [-0.2, -0.15) is 0 Å². The van der Waals surface area contributed by atoms with E-state index in [1.165, 1.54) is 0 Å². The summed E-state index contributed by atoms with van der Waals surface area (Å²) in [5, 5.41) is 21.1. The molecule has 1 rings (SSSR count). The number of rotatable bonds is 5. The number of carboxylic acids is 1. The predicted octanol–water partition coefficient (Wildman–Crippen LogP) is 1.57. The lowest BCUT2D eigenvalue weighted by Crippen LogP contribution is -2.49. The summed E-state index contributed by atoms with van der Waals surface area (Å²) >= 11 is 0. The van der Waals surface area contributed by atoms with Gasteiger partial charge in [0.15, 0.2) is 6.10 Å². The van der Waals surface area contributed by atoms with Crippen molar-refractivity contribution < 1.29 is 24.5 Å². The average molecular weight is 295 g/mol. The predicted molar refractivity (Wildman–Crippen MR) is 76.9 cm³/mol. The zero-order chi connectivity index (χ0) is 16.0. The van der Waals surface area contributed by atoms with Gasteiger partial charge in [0.25, 0.3) is 0 Å². The number of carboxylic acid groups (broad SMARTS) is 1. The highest BCUT2D eigenvalue weighted by atomic mass is 16.6. The van der Waals surface area contributed by atoms with Crippen LogP contribution in [0.15, 0.2) is 30.3 Å². The molecule has 0 fully saturated rings. The Morgan fingerprint density at radius 3 is 2.29 bits per heavy atom. The Balaban J connectivity index is 2.78. The molecule has 2 atom stereocenters. The van der Waals surface area contributed by atoms with Gasteiger partial charge in [-0.25, -0.2) is 9.59 Å². The third-order valence-electron chi connectivity index (χ3n) is 2.63. The molecule has 0 spiro atoms. The second-order valence-corrected chi connectivity index (χ2v) is 5.73. The number of nitrogens with one attached hydrogen (secondary N) is 1. The zero-order valence-corrected chi connectivity index (χ0v) is 12.4. The third-order valence-corrected chi connectivity index (χ3v) is 2.63.